The van der Waals surface area contributed by atoms with E-state index >= 15 is 0 Å². The van der Waals surface area contributed by atoms with E-state index in [0.29, 0.717) is 10.3 Å². The van der Waals surface area contributed by atoms with Crippen molar-refractivity contribution in [2.24, 2.45) is 10.9 Å². The summed E-state index contributed by atoms with van der Waals surface area (Å²) in [6, 6.07) is 9.54. The van der Waals surface area contributed by atoms with E-state index in [1.54, 1.807) is 0 Å². The third-order valence-electron chi connectivity index (χ3n) is 3.02. The monoisotopic (exact) mass is 343 g/mol. The smallest absolute Gasteiger partial charge is 0.341 e. The Balaban J connectivity index is 2.41. The predicted octanol–water partition coefficient (Wildman–Crippen LogP) is 2.82. The number of alkyl halides is 1. The normalized spacial score (nSPS) is 23.8. The Labute approximate surface area is 114 Å². The third-order valence-corrected chi connectivity index (χ3v) is 4.19. The van der Waals surface area contributed by atoms with Crippen molar-refractivity contribution in [3.05, 3.63) is 35.9 Å². The molecule has 1 heterocycles. The lowest BCUT2D eigenvalue weighted by Gasteiger charge is -2.23. The third kappa shape index (κ3) is 2.10. The molecule has 0 aromatic heterocycles. The van der Waals surface area contributed by atoms with Gasteiger partial charge in [-0.2, -0.15) is 0 Å². The highest BCUT2D eigenvalue weighted by atomic mass is 127. The molecule has 17 heavy (non-hydrogen) atoms. The molecule has 0 amide bonds. The summed E-state index contributed by atoms with van der Waals surface area (Å²) in [7, 11) is 0. The number of carbonyl (C=O) groups excluding carboxylic acids is 1. The first-order valence-corrected chi connectivity index (χ1v) is 7.06. The molecule has 1 aromatic carbocycles. The zero-order valence-corrected chi connectivity index (χ0v) is 12.0. The average molecular weight is 343 g/mol. The minimum Gasteiger partial charge on any atom is -0.405 e. The largest absolute Gasteiger partial charge is 0.405 e. The van der Waals surface area contributed by atoms with Crippen molar-refractivity contribution in [3.8, 4) is 0 Å². The van der Waals surface area contributed by atoms with E-state index in [4.69, 9.17) is 4.74 Å². The molecular weight excluding hydrogens is 329 g/mol. The highest BCUT2D eigenvalue weighted by Gasteiger charge is 2.47. The van der Waals surface area contributed by atoms with Crippen molar-refractivity contribution in [1.82, 2.24) is 0 Å². The molecule has 0 radical (unpaired) electrons. The number of hydrogen-bond acceptors (Lipinski definition) is 3. The number of rotatable bonds is 3. The van der Waals surface area contributed by atoms with Gasteiger partial charge < -0.3 is 4.74 Å². The number of ether oxygens (including phenoxy) is 1. The van der Waals surface area contributed by atoms with Gasteiger partial charge in [0.25, 0.3) is 0 Å². The van der Waals surface area contributed by atoms with E-state index in [1.165, 1.54) is 0 Å². The number of cyclic esters (lactones) is 1. The molecule has 1 aliphatic heterocycles. The maximum Gasteiger partial charge on any atom is 0.341 e. The molecule has 3 nitrogen and oxygen atoms in total. The lowest BCUT2D eigenvalue weighted by molar-refractivity contribution is -0.139. The van der Waals surface area contributed by atoms with Gasteiger partial charge in [0.05, 0.1) is 0 Å². The quantitative estimate of drug-likeness (QED) is 0.481. The Kier molecular flexibility index (Phi) is 3.51. The predicted molar refractivity (Wildman–Crippen MR) is 75.5 cm³/mol. The van der Waals surface area contributed by atoms with Gasteiger partial charge in [0.15, 0.2) is 5.54 Å². The summed E-state index contributed by atoms with van der Waals surface area (Å²) < 4.78 is 5.96. The molecule has 90 valence electrons. The standard InChI is InChI=1S/C13H14INO2/c1-9(2)13(8-14)12(16)17-11(15-13)10-6-4-3-5-7-10/h3-7,9H,8H2,1-2H3/t13-/m1/s1. The van der Waals surface area contributed by atoms with Crippen LogP contribution in [0.15, 0.2) is 35.3 Å². The van der Waals surface area contributed by atoms with Gasteiger partial charge in [-0.3, -0.25) is 0 Å². The Morgan fingerprint density at radius 3 is 2.47 bits per heavy atom. The highest BCUT2D eigenvalue weighted by molar-refractivity contribution is 14.1. The van der Waals surface area contributed by atoms with Gasteiger partial charge in [-0.15, -0.1) is 0 Å². The first-order chi connectivity index (χ1) is 8.10. The van der Waals surface area contributed by atoms with Crippen molar-refractivity contribution >= 4 is 34.5 Å². The molecule has 0 aliphatic carbocycles. The van der Waals surface area contributed by atoms with Gasteiger partial charge >= 0.3 is 5.97 Å². The fraction of sp³-hybridized carbons (Fsp3) is 0.385. The number of aliphatic imine (C=N–C) groups is 1. The number of nitrogens with zero attached hydrogens (tertiary/aromatic N) is 1. The maximum absolute atomic E-state index is 12.0. The molecule has 0 fully saturated rings. The van der Waals surface area contributed by atoms with Crippen molar-refractivity contribution in [3.63, 3.8) is 0 Å². The van der Waals surface area contributed by atoms with E-state index in [1.807, 2.05) is 44.2 Å². The van der Waals surface area contributed by atoms with E-state index in [9.17, 15) is 4.79 Å². The fourth-order valence-corrected chi connectivity index (χ4v) is 3.10. The topological polar surface area (TPSA) is 38.7 Å². The first kappa shape index (κ1) is 12.5. The molecule has 1 aliphatic rings. The summed E-state index contributed by atoms with van der Waals surface area (Å²) in [6.07, 6.45) is 0. The number of benzene rings is 1. The summed E-state index contributed by atoms with van der Waals surface area (Å²) in [5.41, 5.74) is 0.138. The van der Waals surface area contributed by atoms with Crippen LogP contribution < -0.4 is 0 Å². The van der Waals surface area contributed by atoms with Crippen molar-refractivity contribution in [2.75, 3.05) is 4.43 Å². The second kappa shape index (κ2) is 4.76. The number of carbonyl (C=O) groups is 1. The molecule has 2 rings (SSSR count). The van der Waals surface area contributed by atoms with Crippen LogP contribution in [0.5, 0.6) is 0 Å². The summed E-state index contributed by atoms with van der Waals surface area (Å²) in [6.45, 7) is 3.99. The van der Waals surface area contributed by atoms with Crippen LogP contribution in [0.4, 0.5) is 0 Å². The van der Waals surface area contributed by atoms with E-state index in [0.717, 1.165) is 5.56 Å². The number of halogens is 1. The number of hydrogen-bond donors (Lipinski definition) is 0. The molecular formula is C13H14INO2. The first-order valence-electron chi connectivity index (χ1n) is 5.53. The molecule has 1 atom stereocenters. The van der Waals surface area contributed by atoms with Crippen LogP contribution in [-0.2, 0) is 9.53 Å². The van der Waals surface area contributed by atoms with Crippen LogP contribution in [0, 0.1) is 5.92 Å². The SMILES string of the molecule is CC(C)[C@@]1(CI)N=C(c2ccccc2)OC1=O. The van der Waals surface area contributed by atoms with Gasteiger partial charge in [0.1, 0.15) is 0 Å². The minimum absolute atomic E-state index is 0.133. The Morgan fingerprint density at radius 1 is 1.35 bits per heavy atom. The Morgan fingerprint density at radius 2 is 2.00 bits per heavy atom. The second-order valence-corrected chi connectivity index (χ2v) is 5.15. The lowest BCUT2D eigenvalue weighted by atomic mass is 9.90. The van der Waals surface area contributed by atoms with Crippen molar-refractivity contribution in [1.29, 1.82) is 0 Å². The maximum atomic E-state index is 12.0. The molecule has 0 spiro atoms. The van der Waals surface area contributed by atoms with Gasteiger partial charge in [0.2, 0.25) is 5.90 Å². The molecule has 0 N–H and O–H groups in total. The van der Waals surface area contributed by atoms with Gasteiger partial charge in [0, 0.05) is 9.99 Å². The van der Waals surface area contributed by atoms with E-state index in [2.05, 4.69) is 27.6 Å². The highest BCUT2D eigenvalue weighted by Crippen LogP contribution is 2.32. The van der Waals surface area contributed by atoms with Gasteiger partial charge in [-0.1, -0.05) is 54.6 Å². The fourth-order valence-electron chi connectivity index (χ4n) is 1.73. The lowest BCUT2D eigenvalue weighted by Crippen LogP contribution is -2.41. The Bertz CT molecular complexity index is 456. The van der Waals surface area contributed by atoms with Crippen LogP contribution in [0.3, 0.4) is 0 Å². The minimum atomic E-state index is -0.717. The van der Waals surface area contributed by atoms with E-state index in [-0.39, 0.29) is 11.9 Å². The molecule has 0 saturated carbocycles. The summed E-state index contributed by atoms with van der Waals surface area (Å²) in [5.74, 6) is 0.342. The van der Waals surface area contributed by atoms with Crippen LogP contribution in [0.2, 0.25) is 0 Å². The Hall–Kier alpha value is -0.910. The van der Waals surface area contributed by atoms with Crippen LogP contribution >= 0.6 is 22.6 Å². The van der Waals surface area contributed by atoms with E-state index < -0.39 is 5.54 Å². The molecule has 0 saturated heterocycles. The zero-order valence-electron chi connectivity index (χ0n) is 9.81. The molecule has 4 heteroatoms. The summed E-state index contributed by atoms with van der Waals surface area (Å²) >= 11 is 2.19. The molecule has 0 bridgehead atoms. The van der Waals surface area contributed by atoms with Crippen LogP contribution in [-0.4, -0.2) is 21.8 Å². The van der Waals surface area contributed by atoms with Crippen molar-refractivity contribution in [2.45, 2.75) is 19.4 Å². The number of esters is 1. The zero-order chi connectivity index (χ0) is 12.5. The summed E-state index contributed by atoms with van der Waals surface area (Å²) in [5, 5.41) is 0. The van der Waals surface area contributed by atoms with Crippen LogP contribution in [0.1, 0.15) is 19.4 Å². The molecule has 0 unspecified atom stereocenters. The van der Waals surface area contributed by atoms with Crippen LogP contribution in [0.25, 0.3) is 0 Å². The average Bonchev–Trinajstić information content (AvgIpc) is 2.69. The second-order valence-electron chi connectivity index (χ2n) is 4.39. The van der Waals surface area contributed by atoms with Gasteiger partial charge in [-0.25, -0.2) is 9.79 Å². The summed E-state index contributed by atoms with van der Waals surface area (Å²) in [4.78, 5) is 16.5. The van der Waals surface area contributed by atoms with Crippen molar-refractivity contribution < 1.29 is 9.53 Å². The van der Waals surface area contributed by atoms with Gasteiger partial charge in [-0.05, 0) is 18.1 Å². The molecule has 1 aromatic rings.